The van der Waals surface area contributed by atoms with Crippen LogP contribution < -0.4 is 5.32 Å². The van der Waals surface area contributed by atoms with Crippen molar-refractivity contribution >= 4 is 5.91 Å². The molecule has 0 spiro atoms. The van der Waals surface area contributed by atoms with Crippen LogP contribution in [0.15, 0.2) is 60.7 Å². The third-order valence-corrected chi connectivity index (χ3v) is 3.03. The summed E-state index contributed by atoms with van der Waals surface area (Å²) in [7, 11) is 0. The molecule has 2 aromatic carbocycles. The molecule has 0 saturated carbocycles. The lowest BCUT2D eigenvalue weighted by molar-refractivity contribution is -0.131. The van der Waals surface area contributed by atoms with E-state index in [0.717, 1.165) is 11.1 Å². The van der Waals surface area contributed by atoms with Crippen molar-refractivity contribution in [3.05, 3.63) is 71.8 Å². The van der Waals surface area contributed by atoms with Gasteiger partial charge in [0.1, 0.15) is 0 Å². The van der Waals surface area contributed by atoms with Gasteiger partial charge in [0.15, 0.2) is 6.10 Å². The van der Waals surface area contributed by atoms with Gasteiger partial charge in [-0.2, -0.15) is 0 Å². The Labute approximate surface area is 117 Å². The maximum absolute atomic E-state index is 11.8. The number of aliphatic hydroxyl groups excluding tert-OH is 2. The van der Waals surface area contributed by atoms with Gasteiger partial charge in [-0.3, -0.25) is 4.79 Å². The van der Waals surface area contributed by atoms with Crippen LogP contribution in [0.25, 0.3) is 0 Å². The monoisotopic (exact) mass is 271 g/mol. The van der Waals surface area contributed by atoms with Gasteiger partial charge in [-0.1, -0.05) is 60.7 Å². The van der Waals surface area contributed by atoms with Crippen LogP contribution in [-0.4, -0.2) is 28.8 Å². The van der Waals surface area contributed by atoms with Crippen LogP contribution in [0.4, 0.5) is 0 Å². The van der Waals surface area contributed by atoms with Gasteiger partial charge in [0.05, 0.1) is 12.6 Å². The summed E-state index contributed by atoms with van der Waals surface area (Å²) in [6.07, 6.45) is -1.41. The van der Waals surface area contributed by atoms with Gasteiger partial charge in [-0.15, -0.1) is 0 Å². The summed E-state index contributed by atoms with van der Waals surface area (Å²) in [4.78, 5) is 11.8. The fourth-order valence-electron chi connectivity index (χ4n) is 1.97. The van der Waals surface area contributed by atoms with E-state index in [1.54, 1.807) is 0 Å². The first-order chi connectivity index (χ1) is 9.72. The lowest BCUT2D eigenvalue weighted by Crippen LogP contribution is -2.39. The van der Waals surface area contributed by atoms with Crippen molar-refractivity contribution in [3.63, 3.8) is 0 Å². The van der Waals surface area contributed by atoms with Crippen molar-refractivity contribution in [1.82, 2.24) is 5.32 Å². The average molecular weight is 271 g/mol. The Kier molecular flexibility index (Phi) is 4.87. The van der Waals surface area contributed by atoms with E-state index in [1.807, 2.05) is 60.7 Å². The molecule has 0 bridgehead atoms. The Morgan fingerprint density at radius 1 is 0.950 bits per heavy atom. The molecule has 0 aliphatic heterocycles. The van der Waals surface area contributed by atoms with Gasteiger partial charge in [0.25, 0.3) is 5.91 Å². The minimum absolute atomic E-state index is 0.355. The van der Waals surface area contributed by atoms with Crippen LogP contribution in [0.3, 0.4) is 0 Å². The largest absolute Gasteiger partial charge is 0.393 e. The number of rotatable bonds is 5. The van der Waals surface area contributed by atoms with E-state index in [-0.39, 0.29) is 6.04 Å². The zero-order valence-corrected chi connectivity index (χ0v) is 10.9. The molecule has 0 radical (unpaired) electrons. The molecule has 1 amide bonds. The Balaban J connectivity index is 2.28. The van der Waals surface area contributed by atoms with Crippen molar-refractivity contribution < 1.29 is 15.0 Å². The molecule has 0 aliphatic carbocycles. The van der Waals surface area contributed by atoms with Gasteiger partial charge in [-0.25, -0.2) is 0 Å². The van der Waals surface area contributed by atoms with Crippen LogP contribution in [0.2, 0.25) is 0 Å². The molecule has 0 saturated heterocycles. The first-order valence-electron chi connectivity index (χ1n) is 6.41. The molecule has 2 aromatic rings. The highest BCUT2D eigenvalue weighted by atomic mass is 16.3. The van der Waals surface area contributed by atoms with Crippen LogP contribution >= 0.6 is 0 Å². The Morgan fingerprint density at radius 2 is 1.40 bits per heavy atom. The van der Waals surface area contributed by atoms with E-state index >= 15 is 0 Å². The second kappa shape index (κ2) is 6.84. The second-order valence-corrected chi connectivity index (χ2v) is 4.46. The van der Waals surface area contributed by atoms with E-state index in [0.29, 0.717) is 0 Å². The Bertz CT molecular complexity index is 503. The third kappa shape index (κ3) is 3.44. The zero-order chi connectivity index (χ0) is 14.4. The quantitative estimate of drug-likeness (QED) is 0.766. The van der Waals surface area contributed by atoms with Crippen LogP contribution in [0.1, 0.15) is 17.2 Å². The molecule has 104 valence electrons. The fraction of sp³-hybridized carbons (Fsp3) is 0.188. The number of hydrogen-bond acceptors (Lipinski definition) is 3. The summed E-state index contributed by atoms with van der Waals surface area (Å²) in [5.74, 6) is -0.592. The predicted molar refractivity (Wildman–Crippen MR) is 76.0 cm³/mol. The van der Waals surface area contributed by atoms with Gasteiger partial charge in [0, 0.05) is 0 Å². The molecule has 4 nitrogen and oxygen atoms in total. The van der Waals surface area contributed by atoms with Crippen LogP contribution in [-0.2, 0) is 4.79 Å². The molecule has 2 rings (SSSR count). The maximum atomic E-state index is 11.8. The van der Waals surface area contributed by atoms with Gasteiger partial charge in [-0.05, 0) is 11.1 Å². The number of benzene rings is 2. The van der Waals surface area contributed by atoms with E-state index < -0.39 is 18.6 Å². The number of amides is 1. The number of hydrogen-bond donors (Lipinski definition) is 3. The molecule has 4 heteroatoms. The van der Waals surface area contributed by atoms with Crippen LogP contribution in [0.5, 0.6) is 0 Å². The first kappa shape index (κ1) is 14.2. The highest BCUT2D eigenvalue weighted by Crippen LogP contribution is 2.21. The molecule has 3 N–H and O–H groups in total. The SMILES string of the molecule is O=C(NC(c1ccccc1)c1ccccc1)C(O)CO. The number of carbonyl (C=O) groups excluding carboxylic acids is 1. The summed E-state index contributed by atoms with van der Waals surface area (Å²) < 4.78 is 0. The van der Waals surface area contributed by atoms with Crippen molar-refractivity contribution in [2.24, 2.45) is 0 Å². The molecule has 1 atom stereocenters. The summed E-state index contributed by atoms with van der Waals surface area (Å²) >= 11 is 0. The van der Waals surface area contributed by atoms with Crippen molar-refractivity contribution in [2.45, 2.75) is 12.1 Å². The number of aliphatic hydroxyl groups is 2. The molecule has 20 heavy (non-hydrogen) atoms. The zero-order valence-electron chi connectivity index (χ0n) is 10.9. The van der Waals surface area contributed by atoms with Gasteiger partial charge < -0.3 is 15.5 Å². The average Bonchev–Trinajstić information content (AvgIpc) is 2.53. The summed E-state index contributed by atoms with van der Waals surface area (Å²) in [5, 5.41) is 21.0. The smallest absolute Gasteiger partial charge is 0.251 e. The van der Waals surface area contributed by atoms with E-state index in [1.165, 1.54) is 0 Å². The van der Waals surface area contributed by atoms with E-state index in [4.69, 9.17) is 5.11 Å². The molecule has 0 aromatic heterocycles. The minimum atomic E-state index is -1.41. The molecular weight excluding hydrogens is 254 g/mol. The minimum Gasteiger partial charge on any atom is -0.393 e. The van der Waals surface area contributed by atoms with E-state index in [9.17, 15) is 9.90 Å². The summed E-state index contributed by atoms with van der Waals surface area (Å²) in [6.45, 7) is -0.595. The van der Waals surface area contributed by atoms with E-state index in [2.05, 4.69) is 5.32 Å². The summed E-state index contributed by atoms with van der Waals surface area (Å²) in [6, 6.07) is 18.6. The number of carbonyl (C=O) groups is 1. The Hall–Kier alpha value is -2.17. The van der Waals surface area contributed by atoms with Crippen molar-refractivity contribution in [1.29, 1.82) is 0 Å². The molecule has 0 heterocycles. The fourth-order valence-corrected chi connectivity index (χ4v) is 1.97. The molecular formula is C16H17NO3. The normalized spacial score (nSPS) is 12.2. The first-order valence-corrected chi connectivity index (χ1v) is 6.41. The number of nitrogens with one attached hydrogen (secondary N) is 1. The predicted octanol–water partition coefficient (Wildman–Crippen LogP) is 1.25. The van der Waals surface area contributed by atoms with Crippen molar-refractivity contribution in [2.75, 3.05) is 6.61 Å². The highest BCUT2D eigenvalue weighted by Gasteiger charge is 2.20. The lowest BCUT2D eigenvalue weighted by atomic mass is 9.98. The van der Waals surface area contributed by atoms with Gasteiger partial charge >= 0.3 is 0 Å². The highest BCUT2D eigenvalue weighted by molar-refractivity contribution is 5.81. The lowest BCUT2D eigenvalue weighted by Gasteiger charge is -2.21. The molecule has 1 unspecified atom stereocenters. The van der Waals surface area contributed by atoms with Crippen molar-refractivity contribution in [3.8, 4) is 0 Å². The van der Waals surface area contributed by atoms with Crippen LogP contribution in [0, 0.1) is 0 Å². The maximum Gasteiger partial charge on any atom is 0.251 e. The summed E-state index contributed by atoms with van der Waals surface area (Å²) in [5.41, 5.74) is 1.83. The Morgan fingerprint density at radius 3 is 1.80 bits per heavy atom. The second-order valence-electron chi connectivity index (χ2n) is 4.46. The third-order valence-electron chi connectivity index (χ3n) is 3.03. The standard InChI is InChI=1S/C16H17NO3/c18-11-14(19)16(20)17-15(12-7-3-1-4-8-12)13-9-5-2-6-10-13/h1-10,14-15,18-19H,11H2,(H,17,20). The molecule has 0 fully saturated rings. The topological polar surface area (TPSA) is 69.6 Å². The van der Waals surface area contributed by atoms with Gasteiger partial charge in [0.2, 0.25) is 0 Å². The molecule has 0 aliphatic rings.